The molecule has 0 saturated heterocycles. The first-order chi connectivity index (χ1) is 10.2. The van der Waals surface area contributed by atoms with Gasteiger partial charge >= 0.3 is 0 Å². The van der Waals surface area contributed by atoms with Crippen molar-refractivity contribution in [3.8, 4) is 5.75 Å². The lowest BCUT2D eigenvalue weighted by Crippen LogP contribution is -2.38. The van der Waals surface area contributed by atoms with Gasteiger partial charge in [0.2, 0.25) is 0 Å². The van der Waals surface area contributed by atoms with E-state index in [0.29, 0.717) is 13.0 Å². The summed E-state index contributed by atoms with van der Waals surface area (Å²) in [5.74, 6) is 6.16. The summed E-state index contributed by atoms with van der Waals surface area (Å²) in [6.07, 6.45) is 1.36. The van der Waals surface area contributed by atoms with E-state index in [0.717, 1.165) is 22.2 Å². The third-order valence-electron chi connectivity index (χ3n) is 3.19. The Labute approximate surface area is 132 Å². The second-order valence-electron chi connectivity index (χ2n) is 4.75. The Morgan fingerprint density at radius 1 is 1.19 bits per heavy atom. The van der Waals surface area contributed by atoms with Gasteiger partial charge < -0.3 is 4.74 Å². The molecule has 3 N–H and O–H groups in total. The van der Waals surface area contributed by atoms with E-state index in [1.807, 2.05) is 30.3 Å². The van der Waals surface area contributed by atoms with Crippen LogP contribution in [0, 0.1) is 5.82 Å². The van der Waals surface area contributed by atoms with Crippen LogP contribution >= 0.6 is 15.9 Å². The van der Waals surface area contributed by atoms with E-state index in [1.54, 1.807) is 6.07 Å². The van der Waals surface area contributed by atoms with Gasteiger partial charge in [0.15, 0.2) is 0 Å². The first-order valence-corrected chi connectivity index (χ1v) is 7.56. The number of rotatable bonds is 7. The minimum Gasteiger partial charge on any atom is -0.494 e. The zero-order chi connectivity index (χ0) is 15.1. The Balaban J connectivity index is 1.87. The van der Waals surface area contributed by atoms with Gasteiger partial charge in [0.05, 0.1) is 6.61 Å². The van der Waals surface area contributed by atoms with Crippen molar-refractivity contribution in [2.24, 2.45) is 5.84 Å². The molecule has 0 aliphatic rings. The predicted molar refractivity (Wildman–Crippen MR) is 85.5 cm³/mol. The quantitative estimate of drug-likeness (QED) is 0.592. The fourth-order valence-corrected chi connectivity index (χ4v) is 2.45. The maximum atomic E-state index is 13.3. The van der Waals surface area contributed by atoms with Gasteiger partial charge in [-0.3, -0.25) is 11.3 Å². The molecule has 0 radical (unpaired) electrons. The second-order valence-corrected chi connectivity index (χ2v) is 5.61. The molecular formula is C16H18BrFN2O. The topological polar surface area (TPSA) is 47.3 Å². The highest BCUT2D eigenvalue weighted by Gasteiger charge is 2.11. The number of hydrogen-bond acceptors (Lipinski definition) is 3. The maximum absolute atomic E-state index is 13.3. The molecule has 0 spiro atoms. The van der Waals surface area contributed by atoms with Crippen molar-refractivity contribution >= 4 is 15.9 Å². The van der Waals surface area contributed by atoms with Gasteiger partial charge in [0.25, 0.3) is 0 Å². The van der Waals surface area contributed by atoms with Crippen molar-refractivity contribution < 1.29 is 9.13 Å². The van der Waals surface area contributed by atoms with Crippen molar-refractivity contribution in [3.05, 3.63) is 64.4 Å². The van der Waals surface area contributed by atoms with Crippen LogP contribution in [0.2, 0.25) is 0 Å². The summed E-state index contributed by atoms with van der Waals surface area (Å²) >= 11 is 3.43. The Hall–Kier alpha value is -1.43. The minimum absolute atomic E-state index is 0.0202. The molecule has 2 aromatic carbocycles. The zero-order valence-electron chi connectivity index (χ0n) is 11.6. The molecule has 0 heterocycles. The second kappa shape index (κ2) is 8.12. The molecule has 2 aromatic rings. The molecule has 0 aromatic heterocycles. The third-order valence-corrected chi connectivity index (χ3v) is 3.96. The number of nitrogens with one attached hydrogen (secondary N) is 1. The first-order valence-electron chi connectivity index (χ1n) is 6.77. The number of nitrogens with two attached hydrogens (primary N) is 1. The molecular weight excluding hydrogens is 335 g/mol. The van der Waals surface area contributed by atoms with Crippen molar-refractivity contribution in [1.29, 1.82) is 0 Å². The van der Waals surface area contributed by atoms with Crippen LogP contribution in [-0.2, 0) is 6.42 Å². The normalized spacial score (nSPS) is 12.1. The number of benzene rings is 2. The summed E-state index contributed by atoms with van der Waals surface area (Å²) in [5, 5.41) is 0. The van der Waals surface area contributed by atoms with Crippen LogP contribution in [0.4, 0.5) is 4.39 Å². The van der Waals surface area contributed by atoms with Gasteiger partial charge in [-0.05, 0) is 48.7 Å². The molecule has 2 rings (SSSR count). The Morgan fingerprint density at radius 3 is 2.67 bits per heavy atom. The lowest BCUT2D eigenvalue weighted by molar-refractivity contribution is 0.285. The monoisotopic (exact) mass is 352 g/mol. The maximum Gasteiger partial charge on any atom is 0.123 e. The van der Waals surface area contributed by atoms with Crippen LogP contribution in [0.15, 0.2) is 53.0 Å². The number of hydrazine groups is 1. The van der Waals surface area contributed by atoms with Crippen molar-refractivity contribution in [3.63, 3.8) is 0 Å². The molecule has 5 heteroatoms. The standard InChI is InChI=1S/C16H18BrFN2O/c17-16-7-6-13(18)10-12(16)11-14(20-19)8-9-21-15-4-2-1-3-5-15/h1-7,10,14,20H,8-9,11,19H2. The Morgan fingerprint density at radius 2 is 1.95 bits per heavy atom. The average Bonchev–Trinajstić information content (AvgIpc) is 2.51. The smallest absolute Gasteiger partial charge is 0.123 e. The molecule has 3 nitrogen and oxygen atoms in total. The van der Waals surface area contributed by atoms with Gasteiger partial charge in [-0.25, -0.2) is 4.39 Å². The summed E-state index contributed by atoms with van der Waals surface area (Å²) < 4.78 is 19.8. The molecule has 21 heavy (non-hydrogen) atoms. The van der Waals surface area contributed by atoms with Gasteiger partial charge in [-0.1, -0.05) is 34.1 Å². The third kappa shape index (κ3) is 5.12. The summed E-state index contributed by atoms with van der Waals surface area (Å²) in [4.78, 5) is 0. The fraction of sp³-hybridized carbons (Fsp3) is 0.250. The summed E-state index contributed by atoms with van der Waals surface area (Å²) in [6, 6.07) is 14.3. The largest absolute Gasteiger partial charge is 0.494 e. The predicted octanol–water partition coefficient (Wildman–Crippen LogP) is 3.43. The number of hydrogen-bond donors (Lipinski definition) is 2. The van der Waals surface area contributed by atoms with Crippen molar-refractivity contribution in [1.82, 2.24) is 5.43 Å². The van der Waals surface area contributed by atoms with Crippen molar-refractivity contribution in [2.75, 3.05) is 6.61 Å². The van der Waals surface area contributed by atoms with E-state index in [1.165, 1.54) is 12.1 Å². The van der Waals surface area contributed by atoms with E-state index >= 15 is 0 Å². The number of halogens is 2. The van der Waals surface area contributed by atoms with E-state index in [2.05, 4.69) is 21.4 Å². The molecule has 0 fully saturated rings. The Bertz CT molecular complexity index is 565. The molecule has 0 aliphatic heterocycles. The highest BCUT2D eigenvalue weighted by Crippen LogP contribution is 2.20. The first kappa shape index (κ1) is 15.9. The summed E-state index contributed by atoms with van der Waals surface area (Å²) in [7, 11) is 0. The van der Waals surface area contributed by atoms with Crippen LogP contribution < -0.4 is 16.0 Å². The molecule has 1 unspecified atom stereocenters. The lowest BCUT2D eigenvalue weighted by atomic mass is 10.0. The van der Waals surface area contributed by atoms with Crippen LogP contribution in [0.1, 0.15) is 12.0 Å². The van der Waals surface area contributed by atoms with Crippen LogP contribution in [0.5, 0.6) is 5.75 Å². The van der Waals surface area contributed by atoms with Crippen LogP contribution in [-0.4, -0.2) is 12.6 Å². The van der Waals surface area contributed by atoms with E-state index in [4.69, 9.17) is 10.6 Å². The SMILES string of the molecule is NNC(CCOc1ccccc1)Cc1cc(F)ccc1Br. The highest BCUT2D eigenvalue weighted by molar-refractivity contribution is 9.10. The molecule has 0 aliphatic carbocycles. The fourth-order valence-electron chi connectivity index (χ4n) is 2.05. The molecule has 0 saturated carbocycles. The van der Waals surface area contributed by atoms with Crippen LogP contribution in [0.3, 0.4) is 0 Å². The van der Waals surface area contributed by atoms with Crippen LogP contribution in [0.25, 0.3) is 0 Å². The molecule has 112 valence electrons. The Kier molecular flexibility index (Phi) is 6.17. The number of para-hydroxylation sites is 1. The van der Waals surface area contributed by atoms with E-state index < -0.39 is 0 Å². The molecule has 1 atom stereocenters. The van der Waals surface area contributed by atoms with E-state index in [9.17, 15) is 4.39 Å². The highest BCUT2D eigenvalue weighted by atomic mass is 79.9. The van der Waals surface area contributed by atoms with Gasteiger partial charge in [-0.2, -0.15) is 0 Å². The van der Waals surface area contributed by atoms with E-state index in [-0.39, 0.29) is 11.9 Å². The molecule has 0 amide bonds. The number of ether oxygens (including phenoxy) is 1. The molecule has 0 bridgehead atoms. The average molecular weight is 353 g/mol. The summed E-state index contributed by atoms with van der Waals surface area (Å²) in [6.45, 7) is 0.547. The van der Waals surface area contributed by atoms with Gasteiger partial charge in [-0.15, -0.1) is 0 Å². The lowest BCUT2D eigenvalue weighted by Gasteiger charge is -2.17. The van der Waals surface area contributed by atoms with Crippen molar-refractivity contribution in [2.45, 2.75) is 18.9 Å². The zero-order valence-corrected chi connectivity index (χ0v) is 13.1. The minimum atomic E-state index is -0.246. The van der Waals surface area contributed by atoms with Gasteiger partial charge in [0, 0.05) is 10.5 Å². The summed E-state index contributed by atoms with van der Waals surface area (Å²) in [5.41, 5.74) is 3.65. The van der Waals surface area contributed by atoms with Gasteiger partial charge in [0.1, 0.15) is 11.6 Å².